The van der Waals surface area contributed by atoms with E-state index in [0.29, 0.717) is 5.03 Å². The zero-order valence-corrected chi connectivity index (χ0v) is 12.4. The van der Waals surface area contributed by atoms with Gasteiger partial charge in [-0.25, -0.2) is 9.78 Å². The molecule has 5 nitrogen and oxygen atoms in total. The van der Waals surface area contributed by atoms with Crippen molar-refractivity contribution in [3.05, 3.63) is 41.3 Å². The first-order valence-electron chi connectivity index (χ1n) is 6.51. The first-order valence-corrected chi connectivity index (χ1v) is 7.50. The van der Waals surface area contributed by atoms with E-state index in [1.165, 1.54) is 24.0 Å². The fourth-order valence-electron chi connectivity index (χ4n) is 1.85. The lowest BCUT2D eigenvalue weighted by Crippen LogP contribution is -2.02. The molecule has 0 unspecified atom stereocenters. The number of aryl methyl sites for hydroxylation is 2. The summed E-state index contributed by atoms with van der Waals surface area (Å²) in [5, 5.41) is 14.2. The highest BCUT2D eigenvalue weighted by Gasteiger charge is 2.08. The lowest BCUT2D eigenvalue weighted by Gasteiger charge is -2.04. The Morgan fingerprint density at radius 2 is 2.20 bits per heavy atom. The Hall–Kier alpha value is -1.82. The molecule has 2 aromatic rings. The van der Waals surface area contributed by atoms with Crippen LogP contribution >= 0.6 is 11.8 Å². The molecule has 1 N–H and O–H groups in total. The van der Waals surface area contributed by atoms with Crippen molar-refractivity contribution in [3.63, 3.8) is 0 Å². The summed E-state index contributed by atoms with van der Waals surface area (Å²) in [4.78, 5) is 15.1. The molecule has 0 aliphatic carbocycles. The van der Waals surface area contributed by atoms with Crippen molar-refractivity contribution in [1.29, 1.82) is 0 Å². The zero-order chi connectivity index (χ0) is 14.5. The molecule has 0 amide bonds. The van der Waals surface area contributed by atoms with Crippen LogP contribution in [0.25, 0.3) is 0 Å². The molecule has 0 radical (unpaired) electrons. The Morgan fingerprint density at radius 3 is 2.85 bits per heavy atom. The number of rotatable bonds is 6. The Balaban J connectivity index is 2.10. The molecule has 2 heterocycles. The highest BCUT2D eigenvalue weighted by Crippen LogP contribution is 2.22. The summed E-state index contributed by atoms with van der Waals surface area (Å²) in [6, 6.07) is 5.19. The molecule has 0 saturated heterocycles. The van der Waals surface area contributed by atoms with Crippen LogP contribution in [0.4, 0.5) is 0 Å². The van der Waals surface area contributed by atoms with Gasteiger partial charge in [0.1, 0.15) is 0 Å². The minimum Gasteiger partial charge on any atom is -0.478 e. The van der Waals surface area contributed by atoms with Crippen molar-refractivity contribution < 1.29 is 9.90 Å². The minimum absolute atomic E-state index is 0.265. The number of hydrogen-bond acceptors (Lipinski definition) is 4. The summed E-state index contributed by atoms with van der Waals surface area (Å²) >= 11 is 1.52. The number of carboxylic acids is 1. The van der Waals surface area contributed by atoms with Gasteiger partial charge in [-0.15, -0.1) is 11.8 Å². The molecule has 20 heavy (non-hydrogen) atoms. The standard InChI is InChI=1S/C14H17N3O2S/c1-3-11-8-12(17(4-2)16-11)9-20-13-7-10(14(18)19)5-6-15-13/h5-8H,3-4,9H2,1-2H3,(H,18,19). The average Bonchev–Trinajstić information content (AvgIpc) is 2.88. The molecule has 2 rings (SSSR count). The number of pyridine rings is 1. The predicted octanol–water partition coefficient (Wildman–Crippen LogP) is 2.85. The topological polar surface area (TPSA) is 68.0 Å². The molecule has 0 aliphatic rings. The maximum absolute atomic E-state index is 10.9. The SMILES string of the molecule is CCc1cc(CSc2cc(C(=O)O)ccn2)n(CC)n1. The van der Waals surface area contributed by atoms with Gasteiger partial charge in [0.25, 0.3) is 0 Å². The van der Waals surface area contributed by atoms with Crippen LogP contribution in [0, 0.1) is 0 Å². The molecule has 0 aliphatic heterocycles. The van der Waals surface area contributed by atoms with Crippen LogP contribution in [0.3, 0.4) is 0 Å². The first kappa shape index (κ1) is 14.6. The molecule has 0 bridgehead atoms. The van der Waals surface area contributed by atoms with E-state index in [9.17, 15) is 4.79 Å². The van der Waals surface area contributed by atoms with Gasteiger partial charge in [-0.05, 0) is 31.5 Å². The van der Waals surface area contributed by atoms with E-state index >= 15 is 0 Å². The third-order valence-electron chi connectivity index (χ3n) is 2.93. The normalized spacial score (nSPS) is 10.7. The van der Waals surface area contributed by atoms with Crippen molar-refractivity contribution >= 4 is 17.7 Å². The van der Waals surface area contributed by atoms with Crippen LogP contribution in [0.5, 0.6) is 0 Å². The van der Waals surface area contributed by atoms with Gasteiger partial charge < -0.3 is 5.11 Å². The van der Waals surface area contributed by atoms with Crippen molar-refractivity contribution in [3.8, 4) is 0 Å². The number of carbonyl (C=O) groups is 1. The molecule has 2 aromatic heterocycles. The van der Waals surface area contributed by atoms with Crippen LogP contribution < -0.4 is 0 Å². The van der Waals surface area contributed by atoms with Gasteiger partial charge in [-0.2, -0.15) is 5.10 Å². The maximum atomic E-state index is 10.9. The van der Waals surface area contributed by atoms with Crippen LogP contribution in [0.1, 0.15) is 35.6 Å². The number of nitrogens with zero attached hydrogens (tertiary/aromatic N) is 3. The Morgan fingerprint density at radius 1 is 1.40 bits per heavy atom. The quantitative estimate of drug-likeness (QED) is 0.829. The van der Waals surface area contributed by atoms with Crippen molar-refractivity contribution in [2.75, 3.05) is 0 Å². The second kappa shape index (κ2) is 6.56. The van der Waals surface area contributed by atoms with Crippen LogP contribution in [0.2, 0.25) is 0 Å². The van der Waals surface area contributed by atoms with Gasteiger partial charge in [0.05, 0.1) is 16.3 Å². The van der Waals surface area contributed by atoms with E-state index < -0.39 is 5.97 Å². The highest BCUT2D eigenvalue weighted by molar-refractivity contribution is 7.98. The Kier molecular flexibility index (Phi) is 4.79. The van der Waals surface area contributed by atoms with Gasteiger partial charge in [-0.1, -0.05) is 6.92 Å². The maximum Gasteiger partial charge on any atom is 0.335 e. The van der Waals surface area contributed by atoms with E-state index in [2.05, 4.69) is 30.0 Å². The number of thioether (sulfide) groups is 1. The number of aromatic nitrogens is 3. The van der Waals surface area contributed by atoms with Crippen LogP contribution in [-0.2, 0) is 18.7 Å². The van der Waals surface area contributed by atoms with Gasteiger partial charge in [0, 0.05) is 24.2 Å². The van der Waals surface area contributed by atoms with E-state index in [1.807, 2.05) is 4.68 Å². The minimum atomic E-state index is -0.930. The molecule has 106 valence electrons. The molecule has 0 saturated carbocycles. The Bertz CT molecular complexity index is 610. The summed E-state index contributed by atoms with van der Waals surface area (Å²) in [5.74, 6) is -0.196. The van der Waals surface area contributed by atoms with Crippen molar-refractivity contribution in [1.82, 2.24) is 14.8 Å². The lowest BCUT2D eigenvalue weighted by atomic mass is 10.3. The molecule has 0 atom stereocenters. The van der Waals surface area contributed by atoms with Crippen LogP contribution in [-0.4, -0.2) is 25.8 Å². The fourth-order valence-corrected chi connectivity index (χ4v) is 2.72. The summed E-state index contributed by atoms with van der Waals surface area (Å²) in [6.45, 7) is 4.97. The summed E-state index contributed by atoms with van der Waals surface area (Å²) < 4.78 is 1.98. The zero-order valence-electron chi connectivity index (χ0n) is 11.5. The fraction of sp³-hybridized carbons (Fsp3) is 0.357. The van der Waals surface area contributed by atoms with E-state index in [1.54, 1.807) is 6.07 Å². The third-order valence-corrected chi connectivity index (χ3v) is 3.88. The van der Waals surface area contributed by atoms with Gasteiger partial charge in [0.15, 0.2) is 0 Å². The van der Waals surface area contributed by atoms with Crippen molar-refractivity contribution in [2.45, 2.75) is 37.6 Å². The van der Waals surface area contributed by atoms with E-state index in [-0.39, 0.29) is 5.56 Å². The summed E-state index contributed by atoms with van der Waals surface area (Å²) in [7, 11) is 0. The highest BCUT2D eigenvalue weighted by atomic mass is 32.2. The number of carboxylic acid groups (broad SMARTS) is 1. The molecular weight excluding hydrogens is 274 g/mol. The lowest BCUT2D eigenvalue weighted by molar-refractivity contribution is 0.0696. The largest absolute Gasteiger partial charge is 0.478 e. The molecule has 6 heteroatoms. The van der Waals surface area contributed by atoms with Gasteiger partial charge in [0.2, 0.25) is 0 Å². The second-order valence-corrected chi connectivity index (χ2v) is 5.27. The smallest absolute Gasteiger partial charge is 0.335 e. The third kappa shape index (κ3) is 3.39. The van der Waals surface area contributed by atoms with Crippen molar-refractivity contribution in [2.24, 2.45) is 0 Å². The van der Waals surface area contributed by atoms with E-state index in [0.717, 1.165) is 30.1 Å². The second-order valence-electron chi connectivity index (χ2n) is 4.27. The number of hydrogen-bond donors (Lipinski definition) is 1. The van der Waals surface area contributed by atoms with Gasteiger partial charge >= 0.3 is 5.97 Å². The summed E-state index contributed by atoms with van der Waals surface area (Å²) in [6.07, 6.45) is 2.44. The van der Waals surface area contributed by atoms with E-state index in [4.69, 9.17) is 5.11 Å². The molecule has 0 spiro atoms. The average molecular weight is 291 g/mol. The predicted molar refractivity (Wildman–Crippen MR) is 78.0 cm³/mol. The monoisotopic (exact) mass is 291 g/mol. The Labute approximate surface area is 122 Å². The number of aromatic carboxylic acids is 1. The molecule has 0 fully saturated rings. The molecule has 0 aromatic carbocycles. The first-order chi connectivity index (χ1) is 9.63. The van der Waals surface area contributed by atoms with Crippen LogP contribution in [0.15, 0.2) is 29.4 Å². The van der Waals surface area contributed by atoms with Gasteiger partial charge in [-0.3, -0.25) is 4.68 Å². The summed E-state index contributed by atoms with van der Waals surface area (Å²) in [5.41, 5.74) is 2.48. The molecular formula is C14H17N3O2S.